The molecule has 7 aliphatic heterocycles. The third kappa shape index (κ3) is 19.3. The number of aliphatic hydroxyl groups is 22. The van der Waals surface area contributed by atoms with Crippen LogP contribution in [0, 0.1) is 0 Å². The van der Waals surface area contributed by atoms with Gasteiger partial charge in [0.25, 0.3) is 0 Å². The molecule has 7 aliphatic rings. The van der Waals surface area contributed by atoms with E-state index in [0.29, 0.717) is 0 Å². The Labute approximate surface area is 568 Å². The Bertz CT molecular complexity index is 2570. The second kappa shape index (κ2) is 37.1. The zero-order valence-corrected chi connectivity index (χ0v) is 54.4. The molecule has 0 radical (unpaired) electrons. The minimum atomic E-state index is -2.52. The highest BCUT2D eigenvalue weighted by Gasteiger charge is 2.59. The van der Waals surface area contributed by atoms with E-state index in [1.54, 1.807) is 0 Å². The Morgan fingerprint density at radius 2 is 0.780 bits per heavy atom. The molecule has 44 heteroatoms. The minimum absolute atomic E-state index is 0.827. The maximum atomic E-state index is 13.1. The van der Waals surface area contributed by atoms with Crippen LogP contribution in [-0.4, -0.2) is 428 Å². The summed E-state index contributed by atoms with van der Waals surface area (Å²) in [5.41, 5.74) is 0. The Morgan fingerprint density at radius 1 is 0.370 bits per heavy atom. The first kappa shape index (κ1) is 83.7. The van der Waals surface area contributed by atoms with E-state index in [1.165, 1.54) is 6.92 Å². The van der Waals surface area contributed by atoms with Gasteiger partial charge >= 0.3 is 0 Å². The largest absolute Gasteiger partial charge is 0.394 e. The van der Waals surface area contributed by atoms with Crippen molar-refractivity contribution >= 4 is 23.6 Å². The number of carbonyl (C=O) groups is 4. The van der Waals surface area contributed by atoms with E-state index in [9.17, 15) is 132 Å². The monoisotopic (exact) mass is 1460 g/mol. The van der Waals surface area contributed by atoms with E-state index >= 15 is 0 Å². The number of ether oxygens (including phenoxy) is 14. The van der Waals surface area contributed by atoms with Gasteiger partial charge in [0.1, 0.15) is 183 Å². The number of hydrogen-bond acceptors (Lipinski definition) is 40. The SMILES string of the molecule is CC(=O)N[C@H]1[C@H](O[C@@H]([C@H](O)[C@H](CO)NC(C)=O)[C@H](O)CO[C@@H]2O[C@@H](C)[C@@H](O)[C@@H](O)[C@@H]2O)O[C@H](CO)[C@@H](O[C@@H]2O[C@H](CO[C@H]3O[C@H](CO)[C@@H](O)[C@H](O)[C@@H]3O[C@H]3O[C@H](CO)[C@@H](O)[C@H](O)[C@H]3NC(C)=O)[C@@H](O)[C@H](O[C@H]3O[C@H](CO)[C@@H](O)[C@H](O)[C@@H]3O[C@H]3O[C@H](CO)[C@@H](O)[C@H](O)[C@H]3NC(C)=O)[C@@H]2O)[C@@H]1O. The molecule has 0 saturated carbocycles. The van der Waals surface area contributed by atoms with Gasteiger partial charge in [0.2, 0.25) is 23.6 Å². The van der Waals surface area contributed by atoms with Gasteiger partial charge in [-0.1, -0.05) is 0 Å². The lowest BCUT2D eigenvalue weighted by Crippen LogP contribution is -2.70. The molecule has 0 aromatic heterocycles. The van der Waals surface area contributed by atoms with Crippen LogP contribution in [-0.2, 0) is 85.5 Å². The lowest BCUT2D eigenvalue weighted by molar-refractivity contribution is -0.395. The molecule has 0 unspecified atom stereocenters. The molecule has 4 amide bonds. The van der Waals surface area contributed by atoms with Gasteiger partial charge in [0.15, 0.2) is 44.0 Å². The van der Waals surface area contributed by atoms with Crippen molar-refractivity contribution in [2.75, 3.05) is 52.9 Å². The van der Waals surface area contributed by atoms with Gasteiger partial charge in [-0.05, 0) is 6.92 Å². The molecule has 0 bridgehead atoms. The molecule has 0 spiro atoms. The summed E-state index contributed by atoms with van der Waals surface area (Å²) < 4.78 is 82.5. The lowest BCUT2D eigenvalue weighted by Gasteiger charge is -2.50. The van der Waals surface area contributed by atoms with Crippen LogP contribution in [0.3, 0.4) is 0 Å². The van der Waals surface area contributed by atoms with E-state index in [0.717, 1.165) is 27.7 Å². The van der Waals surface area contributed by atoms with Crippen molar-refractivity contribution in [2.45, 2.75) is 274 Å². The van der Waals surface area contributed by atoms with E-state index in [2.05, 4.69) is 21.3 Å². The standard InChI is InChI=1S/C56H96N4O40/c1-14-30(72)40(82)43(85)53(89-14)87-12-20(71)45(31(73)19(6-61)57-15(2)67)96-52-29(60-18(5)70)39(81)46(25(11-66)94-52)97-54-44(86)47(98-56-49(42(84)35(77)24(10-65)93-56)100-51-28(59-17(4)69)38(80)33(75)22(8-63)91-51)36(78)26(95-54)13-88-55-48(41(83)34(76)23(9-64)92-55)99-50-27(58-16(3)68)37(79)32(74)21(7-62)90-50/h14,19-56,61-66,71-86H,6-13H2,1-5H3,(H,57,67)(H,58,68)(H,59,69)(H,60,70)/t14-,19-,20+,21+,22+,23+,24+,25+,26+,27+,28+,29+,30+,31+,32+,33+,34+,35+,36+,37+,38+,39+,40+,41-,42-,43-,44-,45+,46+,47-,48-,49-,50+,51+,52-,53+,54-,55-,56+/m0/s1. The van der Waals surface area contributed by atoms with Gasteiger partial charge in [0.05, 0.1) is 65.0 Å². The highest BCUT2D eigenvalue weighted by Crippen LogP contribution is 2.38. The first-order valence-corrected chi connectivity index (χ1v) is 31.9. The van der Waals surface area contributed by atoms with Crippen LogP contribution in [0.4, 0.5) is 0 Å². The maximum Gasteiger partial charge on any atom is 0.217 e. The molecule has 44 nitrogen and oxygen atoms in total. The van der Waals surface area contributed by atoms with Gasteiger partial charge in [-0.25, -0.2) is 0 Å². The predicted molar refractivity (Wildman–Crippen MR) is 312 cm³/mol. The molecule has 7 rings (SSSR count). The van der Waals surface area contributed by atoms with Crippen LogP contribution in [0.1, 0.15) is 34.6 Å². The number of carbonyl (C=O) groups excluding carboxylic acids is 4. The Balaban J connectivity index is 1.25. The quantitative estimate of drug-likeness (QED) is 0.0331. The average Bonchev–Trinajstić information content (AvgIpc) is 0.775. The highest BCUT2D eigenvalue weighted by molar-refractivity contribution is 5.74. The molecule has 7 heterocycles. The summed E-state index contributed by atoms with van der Waals surface area (Å²) in [5, 5.41) is 252. The van der Waals surface area contributed by atoms with Gasteiger partial charge < -0.3 is 200 Å². The fraction of sp³-hybridized carbons (Fsp3) is 0.929. The van der Waals surface area contributed by atoms with E-state index in [4.69, 9.17) is 66.3 Å². The van der Waals surface area contributed by atoms with E-state index in [1.807, 2.05) is 0 Å². The molecular formula is C56H96N4O40. The van der Waals surface area contributed by atoms with Crippen molar-refractivity contribution < 1.29 is 198 Å². The van der Waals surface area contributed by atoms with E-state index < -0.39 is 316 Å². The topological polar surface area (TPSA) is 691 Å². The summed E-state index contributed by atoms with van der Waals surface area (Å²) in [6.45, 7) is -3.36. The second-order valence-electron chi connectivity index (χ2n) is 25.1. The molecular weight excluding hydrogens is 1370 g/mol. The summed E-state index contributed by atoms with van der Waals surface area (Å²) in [4.78, 5) is 50.1. The normalized spacial score (nSPS) is 45.4. The van der Waals surface area contributed by atoms with Crippen LogP contribution >= 0.6 is 0 Å². The zero-order valence-electron chi connectivity index (χ0n) is 54.4. The summed E-state index contributed by atoms with van der Waals surface area (Å²) in [6, 6.07) is -7.18. The number of nitrogens with one attached hydrogen (secondary N) is 4. The smallest absolute Gasteiger partial charge is 0.217 e. The van der Waals surface area contributed by atoms with Crippen molar-refractivity contribution in [3.8, 4) is 0 Å². The third-order valence-electron chi connectivity index (χ3n) is 17.8. The predicted octanol–water partition coefficient (Wildman–Crippen LogP) is -17.2. The first-order valence-electron chi connectivity index (χ1n) is 31.9. The maximum absolute atomic E-state index is 13.1. The molecule has 7 fully saturated rings. The number of hydrogen-bond donors (Lipinski definition) is 26. The summed E-state index contributed by atoms with van der Waals surface area (Å²) in [6.07, 6.45) is -71.2. The van der Waals surface area contributed by atoms with Crippen molar-refractivity contribution in [1.82, 2.24) is 21.3 Å². The van der Waals surface area contributed by atoms with Gasteiger partial charge in [-0.3, -0.25) is 19.2 Å². The summed E-state index contributed by atoms with van der Waals surface area (Å²) in [5.74, 6) is -3.50. The van der Waals surface area contributed by atoms with E-state index in [-0.39, 0.29) is 0 Å². The Morgan fingerprint density at radius 3 is 1.24 bits per heavy atom. The fourth-order valence-electron chi connectivity index (χ4n) is 12.4. The van der Waals surface area contributed by atoms with Gasteiger partial charge in [-0.2, -0.15) is 0 Å². The van der Waals surface area contributed by atoms with Crippen molar-refractivity contribution in [3.63, 3.8) is 0 Å². The molecule has 0 aromatic rings. The average molecular weight is 1470 g/mol. The van der Waals surface area contributed by atoms with Crippen LogP contribution in [0.25, 0.3) is 0 Å². The molecule has 100 heavy (non-hydrogen) atoms. The third-order valence-corrected chi connectivity index (χ3v) is 17.8. The summed E-state index contributed by atoms with van der Waals surface area (Å²) in [7, 11) is 0. The molecule has 7 saturated heterocycles. The Kier molecular flexibility index (Phi) is 31.1. The molecule has 26 N–H and O–H groups in total. The molecule has 0 aliphatic carbocycles. The van der Waals surface area contributed by atoms with Crippen LogP contribution in [0.5, 0.6) is 0 Å². The zero-order chi connectivity index (χ0) is 74.2. The van der Waals surface area contributed by atoms with Crippen molar-refractivity contribution in [2.24, 2.45) is 0 Å². The minimum Gasteiger partial charge on any atom is -0.394 e. The van der Waals surface area contributed by atoms with Crippen molar-refractivity contribution in [3.05, 3.63) is 0 Å². The number of rotatable bonds is 29. The summed E-state index contributed by atoms with van der Waals surface area (Å²) >= 11 is 0. The molecule has 580 valence electrons. The van der Waals surface area contributed by atoms with Gasteiger partial charge in [0, 0.05) is 27.7 Å². The number of amides is 4. The van der Waals surface area contributed by atoms with Crippen LogP contribution < -0.4 is 21.3 Å². The van der Waals surface area contributed by atoms with Gasteiger partial charge in [-0.15, -0.1) is 0 Å². The molecule has 39 atom stereocenters. The van der Waals surface area contributed by atoms with Crippen LogP contribution in [0.15, 0.2) is 0 Å². The Hall–Kier alpha value is -3.56. The molecule has 0 aromatic carbocycles. The fourth-order valence-corrected chi connectivity index (χ4v) is 12.4. The first-order chi connectivity index (χ1) is 47.2. The number of aliphatic hydroxyl groups excluding tert-OH is 22. The van der Waals surface area contributed by atoms with Crippen molar-refractivity contribution in [1.29, 1.82) is 0 Å². The second-order valence-corrected chi connectivity index (χ2v) is 25.1. The van der Waals surface area contributed by atoms with Crippen LogP contribution in [0.2, 0.25) is 0 Å². The highest BCUT2D eigenvalue weighted by atomic mass is 16.8. The lowest BCUT2D eigenvalue weighted by atomic mass is 9.94.